The van der Waals surface area contributed by atoms with Crippen molar-refractivity contribution in [2.24, 2.45) is 7.05 Å². The lowest BCUT2D eigenvalue weighted by molar-refractivity contribution is 0.0708. The topological polar surface area (TPSA) is 51.0 Å². The lowest BCUT2D eigenvalue weighted by atomic mass is 9.88. The number of amides is 1. The molecule has 0 bridgehead atoms. The van der Waals surface area contributed by atoms with Crippen molar-refractivity contribution in [2.75, 3.05) is 7.05 Å². The highest BCUT2D eigenvalue weighted by Crippen LogP contribution is 2.34. The number of hydrogen-bond acceptors (Lipinski definition) is 3. The maximum absolute atomic E-state index is 13.2. The van der Waals surface area contributed by atoms with E-state index in [9.17, 15) is 4.79 Å². The molecule has 3 rings (SSSR count). The number of carbonyl (C=O) groups excluding carboxylic acids is 1. The first-order valence-electron chi connectivity index (χ1n) is 8.54. The molecule has 1 amide bonds. The van der Waals surface area contributed by atoms with Crippen molar-refractivity contribution in [1.82, 2.24) is 19.7 Å². The molecule has 2 aromatic heterocycles. The van der Waals surface area contributed by atoms with Crippen LogP contribution in [-0.2, 0) is 18.9 Å². The van der Waals surface area contributed by atoms with Gasteiger partial charge in [-0.25, -0.2) is 0 Å². The summed E-state index contributed by atoms with van der Waals surface area (Å²) in [6.07, 6.45) is 6.74. The van der Waals surface area contributed by atoms with E-state index in [0.29, 0.717) is 5.56 Å². The van der Waals surface area contributed by atoms with Crippen LogP contribution in [0.1, 0.15) is 67.0 Å². The number of aryl methyl sites for hydroxylation is 2. The van der Waals surface area contributed by atoms with Crippen molar-refractivity contribution in [3.8, 4) is 0 Å². The Kier molecular flexibility index (Phi) is 4.20. The summed E-state index contributed by atoms with van der Waals surface area (Å²) in [6.45, 7) is 6.26. The van der Waals surface area contributed by atoms with Crippen LogP contribution in [0.3, 0.4) is 0 Å². The fourth-order valence-electron chi connectivity index (χ4n) is 3.49. The Morgan fingerprint density at radius 2 is 2.12 bits per heavy atom. The normalized spacial score (nSPS) is 17.5. The lowest BCUT2D eigenvalue weighted by Crippen LogP contribution is -2.35. The molecule has 24 heavy (non-hydrogen) atoms. The van der Waals surface area contributed by atoms with E-state index in [4.69, 9.17) is 0 Å². The molecule has 0 N–H and O–H groups in total. The summed E-state index contributed by atoms with van der Waals surface area (Å²) < 4.78 is 1.73. The Morgan fingerprint density at radius 1 is 1.38 bits per heavy atom. The third kappa shape index (κ3) is 2.95. The summed E-state index contributed by atoms with van der Waals surface area (Å²) >= 11 is 0. The molecule has 128 valence electrons. The van der Waals surface area contributed by atoms with Crippen LogP contribution in [0.5, 0.6) is 0 Å². The summed E-state index contributed by atoms with van der Waals surface area (Å²) in [7, 11) is 3.75. The zero-order chi connectivity index (χ0) is 17.5. The van der Waals surface area contributed by atoms with E-state index in [-0.39, 0.29) is 17.4 Å². The van der Waals surface area contributed by atoms with Crippen molar-refractivity contribution >= 4 is 5.91 Å². The number of nitrogens with zero attached hydrogens (tertiary/aromatic N) is 4. The molecule has 0 spiro atoms. The van der Waals surface area contributed by atoms with Gasteiger partial charge in [-0.1, -0.05) is 26.8 Å². The van der Waals surface area contributed by atoms with Crippen molar-refractivity contribution < 1.29 is 4.79 Å². The second kappa shape index (κ2) is 6.04. The van der Waals surface area contributed by atoms with Crippen LogP contribution in [0.25, 0.3) is 0 Å². The number of aromatic nitrogens is 3. The van der Waals surface area contributed by atoms with E-state index in [1.165, 1.54) is 5.56 Å². The van der Waals surface area contributed by atoms with Crippen LogP contribution in [0.4, 0.5) is 0 Å². The molecule has 1 aliphatic rings. The summed E-state index contributed by atoms with van der Waals surface area (Å²) in [6, 6.07) is 4.13. The maximum atomic E-state index is 13.2. The molecule has 0 saturated heterocycles. The van der Waals surface area contributed by atoms with Crippen LogP contribution in [0.2, 0.25) is 0 Å². The Bertz CT molecular complexity index is 757. The number of carbonyl (C=O) groups is 1. The molecule has 1 aliphatic carbocycles. The van der Waals surface area contributed by atoms with E-state index in [1.807, 2.05) is 37.5 Å². The van der Waals surface area contributed by atoms with Crippen LogP contribution >= 0.6 is 0 Å². The van der Waals surface area contributed by atoms with E-state index < -0.39 is 0 Å². The lowest BCUT2D eigenvalue weighted by Gasteiger charge is -2.32. The third-order valence-corrected chi connectivity index (χ3v) is 4.72. The molecule has 0 aromatic carbocycles. The molecular formula is C19H26N4O. The first kappa shape index (κ1) is 16.7. The predicted molar refractivity (Wildman–Crippen MR) is 93.9 cm³/mol. The number of rotatable bonds is 2. The Hall–Kier alpha value is -2.17. The monoisotopic (exact) mass is 326 g/mol. The number of hydrogen-bond donors (Lipinski definition) is 0. The predicted octanol–water partition coefficient (Wildman–Crippen LogP) is 3.26. The highest BCUT2D eigenvalue weighted by molar-refractivity contribution is 5.95. The van der Waals surface area contributed by atoms with Gasteiger partial charge in [0.1, 0.15) is 0 Å². The van der Waals surface area contributed by atoms with Gasteiger partial charge in [-0.15, -0.1) is 0 Å². The van der Waals surface area contributed by atoms with Gasteiger partial charge in [0.15, 0.2) is 0 Å². The van der Waals surface area contributed by atoms with Gasteiger partial charge in [-0.05, 0) is 30.9 Å². The fourth-order valence-corrected chi connectivity index (χ4v) is 3.49. The average Bonchev–Trinajstić information content (AvgIpc) is 2.95. The minimum atomic E-state index is -0.171. The molecule has 5 nitrogen and oxygen atoms in total. The van der Waals surface area contributed by atoms with Crippen molar-refractivity contribution in [1.29, 1.82) is 0 Å². The van der Waals surface area contributed by atoms with Gasteiger partial charge in [0.05, 0.1) is 23.0 Å². The van der Waals surface area contributed by atoms with Gasteiger partial charge < -0.3 is 4.90 Å². The van der Waals surface area contributed by atoms with Crippen LogP contribution < -0.4 is 0 Å². The molecule has 0 aliphatic heterocycles. The van der Waals surface area contributed by atoms with Gasteiger partial charge in [-0.3, -0.25) is 14.5 Å². The van der Waals surface area contributed by atoms with Gasteiger partial charge in [0, 0.05) is 31.9 Å². The first-order valence-corrected chi connectivity index (χ1v) is 8.54. The third-order valence-electron chi connectivity index (χ3n) is 4.72. The summed E-state index contributed by atoms with van der Waals surface area (Å²) in [4.78, 5) is 19.6. The van der Waals surface area contributed by atoms with Gasteiger partial charge in [0.2, 0.25) is 0 Å². The molecule has 2 heterocycles. The SMILES string of the molecule is CN(C(=O)c1cn(C)nc1C(C)(C)C)C1CCCc2cccnc21. The summed E-state index contributed by atoms with van der Waals surface area (Å²) in [5, 5.41) is 4.53. The quantitative estimate of drug-likeness (QED) is 0.851. The zero-order valence-electron chi connectivity index (χ0n) is 15.2. The molecule has 1 atom stereocenters. The van der Waals surface area contributed by atoms with Crippen molar-refractivity contribution in [3.63, 3.8) is 0 Å². The zero-order valence-corrected chi connectivity index (χ0v) is 15.2. The van der Waals surface area contributed by atoms with Gasteiger partial charge in [0.25, 0.3) is 5.91 Å². The van der Waals surface area contributed by atoms with E-state index in [1.54, 1.807) is 4.68 Å². The number of pyridine rings is 1. The minimum absolute atomic E-state index is 0.0246. The van der Waals surface area contributed by atoms with Gasteiger partial charge in [-0.2, -0.15) is 5.10 Å². The molecule has 1 unspecified atom stereocenters. The Labute approximate surface area is 143 Å². The van der Waals surface area contributed by atoms with Crippen molar-refractivity contribution in [3.05, 3.63) is 47.0 Å². The Balaban J connectivity index is 1.95. The standard InChI is InChI=1S/C19H26N4O/c1-19(2,3)17-14(12-22(4)21-17)18(24)23(5)15-10-6-8-13-9-7-11-20-16(13)15/h7,9,11-12,15H,6,8,10H2,1-5H3. The van der Waals surface area contributed by atoms with Gasteiger partial charge >= 0.3 is 0 Å². The van der Waals surface area contributed by atoms with Crippen LogP contribution in [0.15, 0.2) is 24.5 Å². The highest BCUT2D eigenvalue weighted by Gasteiger charge is 2.32. The molecule has 0 radical (unpaired) electrons. The summed E-state index contributed by atoms with van der Waals surface area (Å²) in [5.74, 6) is 0.0246. The van der Waals surface area contributed by atoms with E-state index in [0.717, 1.165) is 30.7 Å². The summed E-state index contributed by atoms with van der Waals surface area (Å²) in [5.41, 5.74) is 3.67. The molecule has 0 saturated carbocycles. The molecule has 0 fully saturated rings. The first-order chi connectivity index (χ1) is 11.3. The molecule has 2 aromatic rings. The van der Waals surface area contributed by atoms with E-state index in [2.05, 4.69) is 36.9 Å². The van der Waals surface area contributed by atoms with Crippen LogP contribution in [0, 0.1) is 0 Å². The molecule has 5 heteroatoms. The average molecular weight is 326 g/mol. The van der Waals surface area contributed by atoms with Crippen LogP contribution in [-0.4, -0.2) is 32.6 Å². The van der Waals surface area contributed by atoms with Crippen molar-refractivity contribution in [2.45, 2.75) is 51.5 Å². The maximum Gasteiger partial charge on any atom is 0.257 e. The Morgan fingerprint density at radius 3 is 2.83 bits per heavy atom. The second-order valence-corrected chi connectivity index (χ2v) is 7.69. The smallest absolute Gasteiger partial charge is 0.257 e. The van der Waals surface area contributed by atoms with E-state index >= 15 is 0 Å². The molecular weight excluding hydrogens is 300 g/mol. The minimum Gasteiger partial charge on any atom is -0.333 e. The fraction of sp³-hybridized carbons (Fsp3) is 0.526. The second-order valence-electron chi connectivity index (χ2n) is 7.69. The highest BCUT2D eigenvalue weighted by atomic mass is 16.2. The largest absolute Gasteiger partial charge is 0.333 e. The number of fused-ring (bicyclic) bond motifs is 1.